The second kappa shape index (κ2) is 14.5. The topological polar surface area (TPSA) is 83.5 Å². The summed E-state index contributed by atoms with van der Waals surface area (Å²) in [5.41, 5.74) is 3.96. The standard InChI is InChI=1S/C30H35NO4/c1-4-7-10-22(9-6-3)20-26(30(34)35)21-28(32)25-14-12-23(13-15-25)24-16-18-27(19-17-24)31-29(33)11-8-5-2/h6-7,9-10,12-19,26H,3-5,8,11,20-21H2,1-2H3,(H,31,33)(H,34,35)/b10-7-,22-9+. The molecule has 1 amide bonds. The Hall–Kier alpha value is -3.73. The van der Waals surface area contributed by atoms with E-state index in [9.17, 15) is 19.5 Å². The van der Waals surface area contributed by atoms with Gasteiger partial charge in [-0.15, -0.1) is 0 Å². The summed E-state index contributed by atoms with van der Waals surface area (Å²) in [7, 11) is 0. The highest BCUT2D eigenvalue weighted by Gasteiger charge is 2.22. The molecular formula is C30H35NO4. The fourth-order valence-corrected chi connectivity index (χ4v) is 3.64. The second-order valence-electron chi connectivity index (χ2n) is 8.46. The minimum atomic E-state index is -0.989. The molecule has 0 saturated heterocycles. The van der Waals surface area contributed by atoms with Gasteiger partial charge in [-0.2, -0.15) is 0 Å². The summed E-state index contributed by atoms with van der Waals surface area (Å²) in [5.74, 6) is -1.99. The lowest BCUT2D eigenvalue weighted by atomic mass is 9.91. The van der Waals surface area contributed by atoms with Gasteiger partial charge in [-0.1, -0.05) is 87.5 Å². The average Bonchev–Trinajstić information content (AvgIpc) is 2.86. The van der Waals surface area contributed by atoms with E-state index in [-0.39, 0.29) is 24.5 Å². The molecule has 0 aliphatic rings. The monoisotopic (exact) mass is 473 g/mol. The number of carboxylic acid groups (broad SMARTS) is 1. The van der Waals surface area contributed by atoms with Crippen LogP contribution in [-0.2, 0) is 9.59 Å². The molecule has 0 saturated carbocycles. The van der Waals surface area contributed by atoms with Gasteiger partial charge in [0.05, 0.1) is 5.92 Å². The van der Waals surface area contributed by atoms with Crippen LogP contribution >= 0.6 is 0 Å². The first-order valence-electron chi connectivity index (χ1n) is 12.1. The normalized spacial score (nSPS) is 12.3. The van der Waals surface area contributed by atoms with Crippen LogP contribution in [0.5, 0.6) is 0 Å². The van der Waals surface area contributed by atoms with Gasteiger partial charge in [0.15, 0.2) is 5.78 Å². The van der Waals surface area contributed by atoms with E-state index in [2.05, 4.69) is 18.8 Å². The van der Waals surface area contributed by atoms with Crippen molar-refractivity contribution >= 4 is 23.3 Å². The third kappa shape index (κ3) is 9.20. The van der Waals surface area contributed by atoms with Crippen LogP contribution in [0.2, 0.25) is 0 Å². The molecule has 2 N–H and O–H groups in total. The number of unbranched alkanes of at least 4 members (excludes halogenated alkanes) is 1. The number of amides is 1. The van der Waals surface area contributed by atoms with E-state index < -0.39 is 11.9 Å². The Labute approximate surface area is 208 Å². The molecule has 0 aliphatic carbocycles. The molecule has 184 valence electrons. The van der Waals surface area contributed by atoms with Crippen molar-refractivity contribution in [3.05, 3.63) is 90.6 Å². The molecule has 35 heavy (non-hydrogen) atoms. The molecule has 5 heteroatoms. The molecule has 0 fully saturated rings. The number of carbonyl (C=O) groups excluding carboxylic acids is 2. The quantitative estimate of drug-likeness (QED) is 0.224. The summed E-state index contributed by atoms with van der Waals surface area (Å²) in [6.45, 7) is 7.74. The summed E-state index contributed by atoms with van der Waals surface area (Å²) >= 11 is 0. The third-order valence-corrected chi connectivity index (χ3v) is 5.63. The van der Waals surface area contributed by atoms with Crippen LogP contribution in [0.4, 0.5) is 5.69 Å². The molecule has 0 radical (unpaired) electrons. The molecule has 0 bridgehead atoms. The Kier molecular flexibility index (Phi) is 11.4. The first-order valence-corrected chi connectivity index (χ1v) is 12.1. The van der Waals surface area contributed by atoms with Gasteiger partial charge >= 0.3 is 5.97 Å². The number of allylic oxidation sites excluding steroid dienone is 5. The highest BCUT2D eigenvalue weighted by Crippen LogP contribution is 2.24. The van der Waals surface area contributed by atoms with Crippen LogP contribution in [0.1, 0.15) is 62.7 Å². The number of benzene rings is 2. The van der Waals surface area contributed by atoms with Crippen LogP contribution in [-0.4, -0.2) is 22.8 Å². The minimum Gasteiger partial charge on any atom is -0.481 e. The van der Waals surface area contributed by atoms with Gasteiger partial charge in [0.2, 0.25) is 5.91 Å². The van der Waals surface area contributed by atoms with Crippen LogP contribution in [0, 0.1) is 5.92 Å². The Bertz CT molecular complexity index is 1060. The molecule has 0 aliphatic heterocycles. The number of rotatable bonds is 14. The van der Waals surface area contributed by atoms with Crippen LogP contribution in [0.15, 0.2) is 85.0 Å². The van der Waals surface area contributed by atoms with Gasteiger partial charge in [-0.05, 0) is 48.1 Å². The maximum absolute atomic E-state index is 12.8. The summed E-state index contributed by atoms with van der Waals surface area (Å²) in [6, 6.07) is 14.7. The molecule has 2 aromatic rings. The van der Waals surface area contributed by atoms with Crippen molar-refractivity contribution in [1.82, 2.24) is 0 Å². The summed E-state index contributed by atoms with van der Waals surface area (Å²) in [6.07, 6.45) is 10.6. The number of hydrogen-bond donors (Lipinski definition) is 2. The fourth-order valence-electron chi connectivity index (χ4n) is 3.64. The summed E-state index contributed by atoms with van der Waals surface area (Å²) in [4.78, 5) is 36.5. The maximum Gasteiger partial charge on any atom is 0.307 e. The average molecular weight is 474 g/mol. The predicted octanol–water partition coefficient (Wildman–Crippen LogP) is 7.22. The fraction of sp³-hybridized carbons (Fsp3) is 0.300. The molecule has 0 heterocycles. The van der Waals surface area contributed by atoms with Gasteiger partial charge in [-0.25, -0.2) is 0 Å². The van der Waals surface area contributed by atoms with E-state index in [1.807, 2.05) is 55.5 Å². The zero-order valence-corrected chi connectivity index (χ0v) is 20.6. The van der Waals surface area contributed by atoms with Gasteiger partial charge < -0.3 is 10.4 Å². The van der Waals surface area contributed by atoms with Gasteiger partial charge in [0, 0.05) is 24.1 Å². The van der Waals surface area contributed by atoms with Gasteiger partial charge in [0.25, 0.3) is 0 Å². The first-order chi connectivity index (χ1) is 16.9. The van der Waals surface area contributed by atoms with Crippen molar-refractivity contribution in [3.63, 3.8) is 0 Å². The molecule has 1 atom stereocenters. The van der Waals surface area contributed by atoms with E-state index in [4.69, 9.17) is 0 Å². The molecule has 2 rings (SSSR count). The summed E-state index contributed by atoms with van der Waals surface area (Å²) < 4.78 is 0. The highest BCUT2D eigenvalue weighted by molar-refractivity contribution is 5.98. The lowest BCUT2D eigenvalue weighted by Gasteiger charge is -2.13. The predicted molar refractivity (Wildman–Crippen MR) is 142 cm³/mol. The Morgan fingerprint density at radius 3 is 2.14 bits per heavy atom. The number of anilines is 1. The number of aliphatic carboxylic acids is 1. The highest BCUT2D eigenvalue weighted by atomic mass is 16.4. The number of carboxylic acids is 1. The van der Waals surface area contributed by atoms with E-state index in [0.29, 0.717) is 12.0 Å². The van der Waals surface area contributed by atoms with Crippen LogP contribution in [0.25, 0.3) is 11.1 Å². The van der Waals surface area contributed by atoms with Crippen LogP contribution in [0.3, 0.4) is 0 Å². The Morgan fingerprint density at radius 2 is 1.60 bits per heavy atom. The van der Waals surface area contributed by atoms with Crippen molar-refractivity contribution in [2.45, 2.75) is 52.4 Å². The molecule has 0 spiro atoms. The smallest absolute Gasteiger partial charge is 0.307 e. The molecular weight excluding hydrogens is 438 g/mol. The van der Waals surface area contributed by atoms with Crippen molar-refractivity contribution in [2.75, 3.05) is 5.32 Å². The molecule has 1 unspecified atom stereocenters. The number of ketones is 1. The van der Waals surface area contributed by atoms with Gasteiger partial charge in [-0.3, -0.25) is 14.4 Å². The lowest BCUT2D eigenvalue weighted by molar-refractivity contribution is -0.141. The van der Waals surface area contributed by atoms with Gasteiger partial charge in [0.1, 0.15) is 0 Å². The SMILES string of the molecule is C=C/C=C(\C=C/CC)CC(CC(=O)c1ccc(-c2ccc(NC(=O)CCCC)cc2)cc1)C(=O)O. The lowest BCUT2D eigenvalue weighted by Crippen LogP contribution is -2.18. The molecule has 2 aromatic carbocycles. The number of nitrogens with one attached hydrogen (secondary N) is 1. The zero-order valence-electron chi connectivity index (χ0n) is 20.6. The Balaban J connectivity index is 2.05. The Morgan fingerprint density at radius 1 is 0.971 bits per heavy atom. The maximum atomic E-state index is 12.8. The number of carbonyl (C=O) groups is 3. The van der Waals surface area contributed by atoms with Crippen molar-refractivity contribution < 1.29 is 19.5 Å². The molecule has 5 nitrogen and oxygen atoms in total. The van der Waals surface area contributed by atoms with Crippen molar-refractivity contribution in [1.29, 1.82) is 0 Å². The van der Waals surface area contributed by atoms with Crippen LogP contribution < -0.4 is 5.32 Å². The van der Waals surface area contributed by atoms with Crippen molar-refractivity contribution in [3.8, 4) is 11.1 Å². The van der Waals surface area contributed by atoms with E-state index in [0.717, 1.165) is 41.6 Å². The van der Waals surface area contributed by atoms with E-state index in [1.165, 1.54) is 0 Å². The number of Topliss-reactive ketones (excluding diaryl/α,β-unsaturated/α-hetero) is 1. The van der Waals surface area contributed by atoms with E-state index >= 15 is 0 Å². The number of hydrogen-bond acceptors (Lipinski definition) is 3. The second-order valence-corrected chi connectivity index (χ2v) is 8.46. The molecule has 0 aromatic heterocycles. The summed E-state index contributed by atoms with van der Waals surface area (Å²) in [5, 5.41) is 12.6. The largest absolute Gasteiger partial charge is 0.481 e. The first kappa shape index (κ1) is 27.5. The van der Waals surface area contributed by atoms with E-state index in [1.54, 1.807) is 24.3 Å². The minimum absolute atomic E-state index is 0.00983. The van der Waals surface area contributed by atoms with Crippen molar-refractivity contribution in [2.24, 2.45) is 5.92 Å². The zero-order chi connectivity index (χ0) is 25.6. The third-order valence-electron chi connectivity index (χ3n) is 5.63.